The second-order valence-corrected chi connectivity index (χ2v) is 6.91. The Hall–Kier alpha value is -3.25. The molecule has 0 unspecified atom stereocenters. The van der Waals surface area contributed by atoms with Crippen LogP contribution in [0.5, 0.6) is 0 Å². The number of aryl methyl sites for hydroxylation is 1. The first-order valence-electron chi connectivity index (χ1n) is 7.60. The van der Waals surface area contributed by atoms with Crippen LogP contribution in [0.2, 0.25) is 0 Å². The number of nitro groups is 1. The van der Waals surface area contributed by atoms with E-state index in [4.69, 9.17) is 16.7 Å². The monoisotopic (exact) mass is 402 g/mol. The Bertz CT molecular complexity index is 1230. The first-order chi connectivity index (χ1) is 12.9. The van der Waals surface area contributed by atoms with Gasteiger partial charge in [-0.15, -0.1) is 10.2 Å². The van der Waals surface area contributed by atoms with Gasteiger partial charge in [-0.05, 0) is 31.3 Å². The van der Waals surface area contributed by atoms with Gasteiger partial charge in [-0.3, -0.25) is 14.9 Å². The van der Waals surface area contributed by atoms with Gasteiger partial charge in [0, 0.05) is 23.8 Å². The van der Waals surface area contributed by atoms with Gasteiger partial charge in [-0.2, -0.15) is 4.52 Å². The molecule has 0 bridgehead atoms. The number of nitrogens with zero attached hydrogens (tertiary/aromatic N) is 6. The molecule has 27 heavy (non-hydrogen) atoms. The SMILES string of the molecule is Cc1cc(-c2nn3c(=S)n(CC(=O)c4ccc([N+](=O)[O-])cc4)nc3s2)no1. The lowest BCUT2D eigenvalue weighted by atomic mass is 10.1. The highest BCUT2D eigenvalue weighted by Gasteiger charge is 2.17. The van der Waals surface area contributed by atoms with E-state index in [9.17, 15) is 14.9 Å². The normalized spacial score (nSPS) is 11.1. The molecule has 0 atom stereocenters. The number of hydrogen-bond acceptors (Lipinski definition) is 9. The molecule has 1 aromatic carbocycles. The highest BCUT2D eigenvalue weighted by Crippen LogP contribution is 2.25. The molecule has 0 saturated carbocycles. The Balaban J connectivity index is 1.59. The van der Waals surface area contributed by atoms with Crippen molar-refractivity contribution in [2.45, 2.75) is 13.5 Å². The second-order valence-electron chi connectivity index (χ2n) is 5.59. The Morgan fingerprint density at radius 3 is 2.67 bits per heavy atom. The predicted molar refractivity (Wildman–Crippen MR) is 97.3 cm³/mol. The zero-order valence-electron chi connectivity index (χ0n) is 13.7. The van der Waals surface area contributed by atoms with Crippen LogP contribution in [0.25, 0.3) is 15.7 Å². The Kier molecular flexibility index (Phi) is 4.12. The summed E-state index contributed by atoms with van der Waals surface area (Å²) < 4.78 is 8.14. The van der Waals surface area contributed by atoms with E-state index in [0.29, 0.717) is 27.0 Å². The van der Waals surface area contributed by atoms with Gasteiger partial charge in [-0.1, -0.05) is 16.5 Å². The van der Waals surface area contributed by atoms with Crippen LogP contribution < -0.4 is 0 Å². The van der Waals surface area contributed by atoms with Crippen molar-refractivity contribution in [3.8, 4) is 10.7 Å². The van der Waals surface area contributed by atoms with E-state index in [2.05, 4.69) is 15.4 Å². The van der Waals surface area contributed by atoms with E-state index >= 15 is 0 Å². The summed E-state index contributed by atoms with van der Waals surface area (Å²) in [6.07, 6.45) is 0. The van der Waals surface area contributed by atoms with Crippen molar-refractivity contribution in [1.82, 2.24) is 24.6 Å². The first kappa shape index (κ1) is 17.2. The van der Waals surface area contributed by atoms with Crippen LogP contribution in [-0.4, -0.2) is 35.3 Å². The average molecular weight is 402 g/mol. The number of Topliss-reactive ketones (excluding diaryl/α,β-unsaturated/α-hetero) is 1. The fraction of sp³-hybridized carbons (Fsp3) is 0.133. The maximum absolute atomic E-state index is 12.4. The van der Waals surface area contributed by atoms with Gasteiger partial charge in [-0.25, -0.2) is 4.68 Å². The quantitative estimate of drug-likeness (QED) is 0.216. The summed E-state index contributed by atoms with van der Waals surface area (Å²) in [6, 6.07) is 7.14. The maximum atomic E-state index is 12.4. The molecule has 0 aliphatic heterocycles. The van der Waals surface area contributed by atoms with Crippen LogP contribution in [0.4, 0.5) is 5.69 Å². The summed E-state index contributed by atoms with van der Waals surface area (Å²) >= 11 is 6.61. The van der Waals surface area contributed by atoms with Crippen LogP contribution in [0.3, 0.4) is 0 Å². The molecular weight excluding hydrogens is 392 g/mol. The maximum Gasteiger partial charge on any atom is 0.269 e. The van der Waals surface area contributed by atoms with Crippen molar-refractivity contribution in [2.24, 2.45) is 0 Å². The minimum absolute atomic E-state index is 0.0783. The van der Waals surface area contributed by atoms with Gasteiger partial charge >= 0.3 is 0 Å². The second kappa shape index (κ2) is 6.48. The topological polar surface area (TPSA) is 121 Å². The number of carbonyl (C=O) groups is 1. The van der Waals surface area contributed by atoms with Crippen molar-refractivity contribution in [3.63, 3.8) is 0 Å². The number of non-ortho nitro benzene ring substituents is 1. The molecule has 10 nitrogen and oxygen atoms in total. The van der Waals surface area contributed by atoms with Crippen LogP contribution >= 0.6 is 23.6 Å². The van der Waals surface area contributed by atoms with Crippen molar-refractivity contribution in [2.75, 3.05) is 0 Å². The third kappa shape index (κ3) is 3.15. The molecule has 136 valence electrons. The van der Waals surface area contributed by atoms with Gasteiger partial charge in [0.15, 0.2) is 10.8 Å². The highest BCUT2D eigenvalue weighted by molar-refractivity contribution is 7.71. The molecule has 3 heterocycles. The van der Waals surface area contributed by atoms with Crippen molar-refractivity contribution >= 4 is 40.0 Å². The molecule has 12 heteroatoms. The summed E-state index contributed by atoms with van der Waals surface area (Å²) in [5.41, 5.74) is 0.849. The zero-order chi connectivity index (χ0) is 19.1. The number of nitro benzene ring substituents is 1. The lowest BCUT2D eigenvalue weighted by Crippen LogP contribution is -2.12. The van der Waals surface area contributed by atoms with E-state index in [1.165, 1.54) is 44.8 Å². The Morgan fingerprint density at radius 2 is 2.07 bits per heavy atom. The smallest absolute Gasteiger partial charge is 0.269 e. The van der Waals surface area contributed by atoms with Gasteiger partial charge in [0.2, 0.25) is 9.73 Å². The van der Waals surface area contributed by atoms with Crippen molar-refractivity contribution in [1.29, 1.82) is 0 Å². The molecule has 0 amide bonds. The summed E-state index contributed by atoms with van der Waals surface area (Å²) in [6.45, 7) is 1.69. The van der Waals surface area contributed by atoms with Gasteiger partial charge in [0.1, 0.15) is 18.0 Å². The Labute approximate surface area is 159 Å². The van der Waals surface area contributed by atoms with E-state index in [1.54, 1.807) is 13.0 Å². The molecule has 0 aliphatic carbocycles. The van der Waals surface area contributed by atoms with E-state index < -0.39 is 4.92 Å². The molecule has 4 aromatic rings. The number of fused-ring (bicyclic) bond motifs is 1. The zero-order valence-corrected chi connectivity index (χ0v) is 15.4. The lowest BCUT2D eigenvalue weighted by Gasteiger charge is -2.01. The number of ketones is 1. The van der Waals surface area contributed by atoms with Crippen molar-refractivity contribution < 1.29 is 14.2 Å². The summed E-state index contributed by atoms with van der Waals surface area (Å²) in [4.78, 5) is 23.1. The lowest BCUT2D eigenvalue weighted by molar-refractivity contribution is -0.384. The third-order valence-corrected chi connectivity index (χ3v) is 5.01. The summed E-state index contributed by atoms with van der Waals surface area (Å²) in [5, 5.41) is 23.9. The van der Waals surface area contributed by atoms with Crippen LogP contribution in [0, 0.1) is 21.8 Å². The molecule has 0 fully saturated rings. The molecular formula is C15H10N6O4S2. The van der Waals surface area contributed by atoms with Gasteiger partial charge in [0.25, 0.3) is 5.69 Å². The van der Waals surface area contributed by atoms with Gasteiger partial charge in [0.05, 0.1) is 4.92 Å². The average Bonchev–Trinajstić information content (AvgIpc) is 3.32. The standard InChI is InChI=1S/C15H10N6O4S2/c1-8-6-11(18-25-8)13-16-20-14(27-13)17-19(15(20)26)7-12(22)9-2-4-10(5-3-9)21(23)24/h2-6H,7H2,1H3. The highest BCUT2D eigenvalue weighted by atomic mass is 32.1. The number of aromatic nitrogens is 5. The fourth-order valence-electron chi connectivity index (χ4n) is 2.40. The number of hydrogen-bond donors (Lipinski definition) is 0. The molecule has 0 spiro atoms. The molecule has 0 radical (unpaired) electrons. The summed E-state index contributed by atoms with van der Waals surface area (Å²) in [7, 11) is 0. The number of rotatable bonds is 5. The molecule has 0 saturated heterocycles. The predicted octanol–water partition coefficient (Wildman–Crippen LogP) is 3.08. The largest absolute Gasteiger partial charge is 0.361 e. The third-order valence-electron chi connectivity index (χ3n) is 3.71. The molecule has 3 aromatic heterocycles. The van der Waals surface area contributed by atoms with Crippen LogP contribution in [-0.2, 0) is 6.54 Å². The van der Waals surface area contributed by atoms with E-state index in [1.807, 2.05) is 0 Å². The minimum Gasteiger partial charge on any atom is -0.361 e. The van der Waals surface area contributed by atoms with Crippen LogP contribution in [0.1, 0.15) is 16.1 Å². The van der Waals surface area contributed by atoms with Gasteiger partial charge < -0.3 is 4.52 Å². The molecule has 0 aliphatic rings. The first-order valence-corrected chi connectivity index (χ1v) is 8.83. The van der Waals surface area contributed by atoms with Crippen LogP contribution in [0.15, 0.2) is 34.9 Å². The van der Waals surface area contributed by atoms with E-state index in [-0.39, 0.29) is 22.8 Å². The van der Waals surface area contributed by atoms with Crippen molar-refractivity contribution in [3.05, 3.63) is 56.5 Å². The number of carbonyl (C=O) groups excluding carboxylic acids is 1. The minimum atomic E-state index is -0.520. The number of benzene rings is 1. The fourth-order valence-corrected chi connectivity index (χ4v) is 3.54. The molecule has 0 N–H and O–H groups in total. The summed E-state index contributed by atoms with van der Waals surface area (Å²) in [5.74, 6) is 0.402. The Morgan fingerprint density at radius 1 is 1.33 bits per heavy atom. The van der Waals surface area contributed by atoms with E-state index in [0.717, 1.165) is 0 Å². The molecule has 4 rings (SSSR count).